The van der Waals surface area contributed by atoms with Gasteiger partial charge in [-0.3, -0.25) is 4.79 Å². The lowest BCUT2D eigenvalue weighted by molar-refractivity contribution is -0.140. The van der Waals surface area contributed by atoms with Crippen LogP contribution >= 0.6 is 0 Å². The Morgan fingerprint density at radius 3 is 2.60 bits per heavy atom. The number of carbonyl (C=O) groups is 1. The molecule has 0 fully saturated rings. The average Bonchev–Trinajstić information content (AvgIpc) is 2.40. The monoisotopic (exact) mass is 277 g/mol. The van der Waals surface area contributed by atoms with Gasteiger partial charge in [-0.05, 0) is 37.5 Å². The number of nitrogens with zero attached hydrogens (tertiary/aromatic N) is 1. The van der Waals surface area contributed by atoms with Crippen LogP contribution in [0.2, 0.25) is 0 Å². The van der Waals surface area contributed by atoms with Crippen LogP contribution in [0.25, 0.3) is 0 Å². The first kappa shape index (κ1) is 16.5. The topological polar surface area (TPSA) is 40.5 Å². The van der Waals surface area contributed by atoms with E-state index in [4.69, 9.17) is 5.11 Å². The van der Waals surface area contributed by atoms with Crippen molar-refractivity contribution in [3.05, 3.63) is 29.3 Å². The van der Waals surface area contributed by atoms with Crippen LogP contribution in [0.4, 0.5) is 5.69 Å². The fourth-order valence-electron chi connectivity index (χ4n) is 2.33. The quantitative estimate of drug-likeness (QED) is 0.730. The molecule has 3 heteroatoms. The smallest absolute Gasteiger partial charge is 0.308 e. The average molecular weight is 277 g/mol. The van der Waals surface area contributed by atoms with Crippen molar-refractivity contribution in [1.29, 1.82) is 0 Å². The van der Waals surface area contributed by atoms with Gasteiger partial charge >= 0.3 is 5.97 Å². The third kappa shape index (κ3) is 4.87. The van der Waals surface area contributed by atoms with E-state index in [0.717, 1.165) is 13.0 Å². The maximum atomic E-state index is 11.1. The van der Waals surface area contributed by atoms with Crippen molar-refractivity contribution in [2.75, 3.05) is 18.0 Å². The van der Waals surface area contributed by atoms with Crippen LogP contribution < -0.4 is 4.90 Å². The summed E-state index contributed by atoms with van der Waals surface area (Å²) >= 11 is 0. The second kappa shape index (κ2) is 7.93. The van der Waals surface area contributed by atoms with Crippen LogP contribution in [-0.2, 0) is 4.79 Å². The molecule has 1 aromatic rings. The zero-order valence-corrected chi connectivity index (χ0v) is 13.1. The van der Waals surface area contributed by atoms with Crippen molar-refractivity contribution in [1.82, 2.24) is 0 Å². The molecule has 1 rings (SSSR count). The van der Waals surface area contributed by atoms with Crippen LogP contribution in [0, 0.1) is 19.8 Å². The molecule has 1 aromatic carbocycles. The Labute approximate surface area is 122 Å². The van der Waals surface area contributed by atoms with Crippen LogP contribution in [0.15, 0.2) is 18.2 Å². The van der Waals surface area contributed by atoms with E-state index in [2.05, 4.69) is 43.9 Å². The molecule has 0 aliphatic carbocycles. The lowest BCUT2D eigenvalue weighted by atomic mass is 10.1. The molecule has 0 aliphatic rings. The predicted molar refractivity (Wildman–Crippen MR) is 84.5 cm³/mol. The lowest BCUT2D eigenvalue weighted by Crippen LogP contribution is -2.33. The van der Waals surface area contributed by atoms with Gasteiger partial charge in [-0.15, -0.1) is 0 Å². The normalized spacial score (nSPS) is 12.2. The van der Waals surface area contributed by atoms with Gasteiger partial charge in [0.25, 0.3) is 0 Å². The summed E-state index contributed by atoms with van der Waals surface area (Å²) in [7, 11) is 0. The van der Waals surface area contributed by atoms with Gasteiger partial charge < -0.3 is 10.0 Å². The molecule has 0 bridgehead atoms. The fourth-order valence-corrected chi connectivity index (χ4v) is 2.33. The van der Waals surface area contributed by atoms with E-state index < -0.39 is 5.97 Å². The van der Waals surface area contributed by atoms with Crippen LogP contribution in [0.3, 0.4) is 0 Å². The lowest BCUT2D eigenvalue weighted by Gasteiger charge is -2.28. The molecule has 1 atom stereocenters. The van der Waals surface area contributed by atoms with Gasteiger partial charge in [-0.25, -0.2) is 0 Å². The number of rotatable bonds is 8. The van der Waals surface area contributed by atoms with E-state index in [1.165, 1.54) is 29.7 Å². The Morgan fingerprint density at radius 2 is 2.00 bits per heavy atom. The molecule has 0 radical (unpaired) electrons. The maximum Gasteiger partial charge on any atom is 0.308 e. The van der Waals surface area contributed by atoms with Gasteiger partial charge in [-0.1, -0.05) is 38.8 Å². The summed E-state index contributed by atoms with van der Waals surface area (Å²) in [5.74, 6) is -1.08. The summed E-state index contributed by atoms with van der Waals surface area (Å²) < 4.78 is 0. The summed E-state index contributed by atoms with van der Waals surface area (Å²) in [6, 6.07) is 6.38. The molecule has 0 spiro atoms. The number of aryl methyl sites for hydroxylation is 2. The maximum absolute atomic E-state index is 11.1. The molecule has 0 aliphatic heterocycles. The Hall–Kier alpha value is -1.51. The molecule has 0 aromatic heterocycles. The van der Waals surface area contributed by atoms with E-state index in [0.29, 0.717) is 6.54 Å². The molecule has 112 valence electrons. The van der Waals surface area contributed by atoms with Crippen molar-refractivity contribution in [2.24, 2.45) is 5.92 Å². The van der Waals surface area contributed by atoms with Crippen LogP contribution in [0.5, 0.6) is 0 Å². The van der Waals surface area contributed by atoms with Gasteiger partial charge in [-0.2, -0.15) is 0 Å². The first-order valence-corrected chi connectivity index (χ1v) is 7.50. The van der Waals surface area contributed by atoms with Crippen molar-refractivity contribution in [3.8, 4) is 0 Å². The SMILES string of the molecule is CCCCCN(CC(C)C(=O)O)c1cc(C)ccc1C. The van der Waals surface area contributed by atoms with Crippen molar-refractivity contribution < 1.29 is 9.90 Å². The van der Waals surface area contributed by atoms with Crippen LogP contribution in [-0.4, -0.2) is 24.2 Å². The zero-order valence-electron chi connectivity index (χ0n) is 13.1. The minimum absolute atomic E-state index is 0.350. The molecular formula is C17H27NO2. The highest BCUT2D eigenvalue weighted by Gasteiger charge is 2.17. The molecule has 0 saturated carbocycles. The Kier molecular flexibility index (Phi) is 6.56. The van der Waals surface area contributed by atoms with Gasteiger partial charge in [0.1, 0.15) is 0 Å². The van der Waals surface area contributed by atoms with E-state index in [-0.39, 0.29) is 5.92 Å². The summed E-state index contributed by atoms with van der Waals surface area (Å²) in [5, 5.41) is 9.15. The van der Waals surface area contributed by atoms with E-state index in [1.807, 2.05) is 0 Å². The van der Waals surface area contributed by atoms with Gasteiger partial charge in [0.2, 0.25) is 0 Å². The zero-order chi connectivity index (χ0) is 15.1. The number of hydrogen-bond donors (Lipinski definition) is 1. The van der Waals surface area contributed by atoms with E-state index in [1.54, 1.807) is 6.92 Å². The number of benzene rings is 1. The number of anilines is 1. The number of carboxylic acids is 1. The largest absolute Gasteiger partial charge is 0.481 e. The van der Waals surface area contributed by atoms with Crippen molar-refractivity contribution in [2.45, 2.75) is 47.0 Å². The van der Waals surface area contributed by atoms with Gasteiger partial charge in [0.15, 0.2) is 0 Å². The second-order valence-corrected chi connectivity index (χ2v) is 5.68. The van der Waals surface area contributed by atoms with Crippen molar-refractivity contribution in [3.63, 3.8) is 0 Å². The molecule has 1 N–H and O–H groups in total. The molecule has 20 heavy (non-hydrogen) atoms. The highest BCUT2D eigenvalue weighted by atomic mass is 16.4. The summed E-state index contributed by atoms with van der Waals surface area (Å²) in [6.45, 7) is 9.63. The number of hydrogen-bond acceptors (Lipinski definition) is 2. The standard InChI is InChI=1S/C17H27NO2/c1-5-6-7-10-18(12-15(4)17(19)20)16-11-13(2)8-9-14(16)3/h8-9,11,15H,5-7,10,12H2,1-4H3,(H,19,20). The minimum atomic E-state index is -0.726. The molecule has 0 saturated heterocycles. The summed E-state index contributed by atoms with van der Waals surface area (Å²) in [4.78, 5) is 13.4. The van der Waals surface area contributed by atoms with E-state index in [9.17, 15) is 4.79 Å². The molecular weight excluding hydrogens is 250 g/mol. The number of carboxylic acid groups (broad SMARTS) is 1. The third-order valence-electron chi connectivity index (χ3n) is 3.65. The van der Waals surface area contributed by atoms with Gasteiger partial charge in [0.05, 0.1) is 5.92 Å². The first-order chi connectivity index (χ1) is 9.45. The Morgan fingerprint density at radius 1 is 1.30 bits per heavy atom. The molecule has 1 unspecified atom stereocenters. The van der Waals surface area contributed by atoms with Crippen LogP contribution in [0.1, 0.15) is 44.2 Å². The van der Waals surface area contributed by atoms with E-state index >= 15 is 0 Å². The Balaban J connectivity index is 2.90. The summed E-state index contributed by atoms with van der Waals surface area (Å²) in [5.41, 5.74) is 3.60. The Bertz CT molecular complexity index is 443. The predicted octanol–water partition coefficient (Wildman–Crippen LogP) is 4.02. The summed E-state index contributed by atoms with van der Waals surface area (Å²) in [6.07, 6.45) is 3.47. The number of aliphatic carboxylic acids is 1. The second-order valence-electron chi connectivity index (χ2n) is 5.68. The number of unbranched alkanes of at least 4 members (excludes halogenated alkanes) is 2. The fraction of sp³-hybridized carbons (Fsp3) is 0.588. The van der Waals surface area contributed by atoms with Crippen molar-refractivity contribution >= 4 is 11.7 Å². The minimum Gasteiger partial charge on any atom is -0.481 e. The highest BCUT2D eigenvalue weighted by Crippen LogP contribution is 2.23. The third-order valence-corrected chi connectivity index (χ3v) is 3.65. The molecule has 0 amide bonds. The molecule has 3 nitrogen and oxygen atoms in total. The first-order valence-electron chi connectivity index (χ1n) is 7.50. The van der Waals surface area contributed by atoms with Gasteiger partial charge in [0, 0.05) is 18.8 Å². The molecule has 0 heterocycles. The highest BCUT2D eigenvalue weighted by molar-refractivity contribution is 5.70.